The molecule has 0 aromatic heterocycles. The Balaban J connectivity index is 3.44. The largest absolute Gasteiger partial charge is 0.303 e. The fraction of sp³-hybridized carbons (Fsp3) is 1.00. The van der Waals surface area contributed by atoms with Gasteiger partial charge in [0.2, 0.25) is 0 Å². The molecule has 0 atom stereocenters. The van der Waals surface area contributed by atoms with Crippen LogP contribution < -0.4 is 5.32 Å². The zero-order valence-electron chi connectivity index (χ0n) is 8.36. The number of nitrogens with one attached hydrogen (secondary N) is 1. The third-order valence-electron chi connectivity index (χ3n) is 1.43. The topological polar surface area (TPSA) is 12.0 Å². The van der Waals surface area contributed by atoms with Crippen molar-refractivity contribution in [1.82, 2.24) is 5.32 Å². The van der Waals surface area contributed by atoms with Crippen LogP contribution >= 0.6 is 12.6 Å². The summed E-state index contributed by atoms with van der Waals surface area (Å²) < 4.78 is 0. The summed E-state index contributed by atoms with van der Waals surface area (Å²) in [6.45, 7) is 11.9. The highest BCUT2D eigenvalue weighted by molar-refractivity contribution is 7.81. The molecular formula is C9H21NS. The molecule has 0 rings (SSSR count). The molecular weight excluding hydrogens is 154 g/mol. The predicted octanol–water partition coefficient (Wildman–Crippen LogP) is 2.68. The maximum absolute atomic E-state index is 4.37. The molecule has 0 unspecified atom stereocenters. The molecule has 1 nitrogen and oxygen atoms in total. The highest BCUT2D eigenvalue weighted by atomic mass is 32.1. The third kappa shape index (κ3) is 10.3. The van der Waals surface area contributed by atoms with E-state index in [9.17, 15) is 0 Å². The summed E-state index contributed by atoms with van der Waals surface area (Å²) in [5.41, 5.74) is 0.423. The summed E-state index contributed by atoms with van der Waals surface area (Å²) in [5, 5.41) is 3.34. The quantitative estimate of drug-likeness (QED) is 0.496. The molecule has 0 saturated heterocycles. The first-order chi connectivity index (χ1) is 4.71. The molecule has 0 radical (unpaired) electrons. The molecule has 1 N–H and O–H groups in total. The highest BCUT2D eigenvalue weighted by Gasteiger charge is 2.13. The molecule has 68 valence electrons. The van der Waals surface area contributed by atoms with Gasteiger partial charge in [-0.25, -0.2) is 0 Å². The molecule has 0 spiro atoms. The summed E-state index contributed by atoms with van der Waals surface area (Å²) in [4.78, 5) is -0.0365. The van der Waals surface area contributed by atoms with Crippen molar-refractivity contribution in [3.63, 3.8) is 0 Å². The Morgan fingerprint density at radius 1 is 1.09 bits per heavy atom. The van der Waals surface area contributed by atoms with E-state index in [4.69, 9.17) is 0 Å². The molecule has 0 bridgehead atoms. The Kier molecular flexibility index (Phi) is 3.92. The van der Waals surface area contributed by atoms with Crippen molar-refractivity contribution >= 4 is 12.6 Å². The van der Waals surface area contributed by atoms with E-state index in [1.807, 2.05) is 0 Å². The first kappa shape index (κ1) is 11.3. The predicted molar refractivity (Wildman–Crippen MR) is 55.1 cm³/mol. The van der Waals surface area contributed by atoms with Crippen LogP contribution in [-0.4, -0.2) is 11.4 Å². The van der Waals surface area contributed by atoms with Crippen LogP contribution in [0.25, 0.3) is 0 Å². The van der Waals surface area contributed by atoms with Crippen molar-refractivity contribution in [1.29, 1.82) is 0 Å². The van der Waals surface area contributed by atoms with Crippen molar-refractivity contribution in [3.8, 4) is 0 Å². The van der Waals surface area contributed by atoms with Crippen molar-refractivity contribution in [2.24, 2.45) is 5.41 Å². The molecule has 0 aliphatic rings. The molecule has 0 aliphatic carbocycles. The van der Waals surface area contributed by atoms with E-state index in [1.165, 1.54) is 6.42 Å². The monoisotopic (exact) mass is 175 g/mol. The van der Waals surface area contributed by atoms with Crippen LogP contribution in [-0.2, 0) is 0 Å². The lowest BCUT2D eigenvalue weighted by Crippen LogP contribution is -2.35. The summed E-state index contributed by atoms with van der Waals surface area (Å²) in [7, 11) is 0. The van der Waals surface area contributed by atoms with Gasteiger partial charge in [0.25, 0.3) is 0 Å². The van der Waals surface area contributed by atoms with Gasteiger partial charge in [0.05, 0.1) is 4.87 Å². The van der Waals surface area contributed by atoms with Crippen molar-refractivity contribution < 1.29 is 0 Å². The standard InChI is InChI=1S/C9H21NS/c1-8(2,3)6-7-10-9(4,5)11/h10-11H,6-7H2,1-5H3. The van der Waals surface area contributed by atoms with Crippen molar-refractivity contribution in [2.45, 2.75) is 45.9 Å². The maximum atomic E-state index is 4.37. The molecule has 11 heavy (non-hydrogen) atoms. The molecule has 0 aliphatic heterocycles. The van der Waals surface area contributed by atoms with E-state index in [0.29, 0.717) is 5.41 Å². The van der Waals surface area contributed by atoms with Gasteiger partial charge >= 0.3 is 0 Å². The van der Waals surface area contributed by atoms with Crippen LogP contribution in [0.1, 0.15) is 41.0 Å². The second-order valence-corrected chi connectivity index (χ2v) is 5.91. The van der Waals surface area contributed by atoms with Crippen LogP contribution in [0.4, 0.5) is 0 Å². The summed E-state index contributed by atoms with van der Waals surface area (Å²) in [6, 6.07) is 0. The lowest BCUT2D eigenvalue weighted by molar-refractivity contribution is 0.355. The minimum atomic E-state index is -0.0365. The Morgan fingerprint density at radius 2 is 1.55 bits per heavy atom. The zero-order chi connectivity index (χ0) is 9.12. The fourth-order valence-electron chi connectivity index (χ4n) is 0.743. The maximum Gasteiger partial charge on any atom is 0.0558 e. The number of rotatable bonds is 3. The minimum absolute atomic E-state index is 0.0365. The number of hydrogen-bond donors (Lipinski definition) is 2. The second-order valence-electron chi connectivity index (χ2n) is 4.80. The Labute approximate surface area is 76.4 Å². The number of hydrogen-bond acceptors (Lipinski definition) is 2. The van der Waals surface area contributed by atoms with Crippen LogP contribution in [0.3, 0.4) is 0 Å². The van der Waals surface area contributed by atoms with E-state index < -0.39 is 0 Å². The van der Waals surface area contributed by atoms with Gasteiger partial charge < -0.3 is 5.32 Å². The molecule has 0 heterocycles. The molecule has 2 heteroatoms. The van der Waals surface area contributed by atoms with Crippen LogP contribution in [0.2, 0.25) is 0 Å². The smallest absolute Gasteiger partial charge is 0.0558 e. The highest BCUT2D eigenvalue weighted by Crippen LogP contribution is 2.18. The summed E-state index contributed by atoms with van der Waals surface area (Å²) in [5.74, 6) is 0. The van der Waals surface area contributed by atoms with Gasteiger partial charge in [-0.1, -0.05) is 20.8 Å². The van der Waals surface area contributed by atoms with E-state index >= 15 is 0 Å². The minimum Gasteiger partial charge on any atom is -0.303 e. The van der Waals surface area contributed by atoms with E-state index in [1.54, 1.807) is 0 Å². The number of thiol groups is 1. The van der Waals surface area contributed by atoms with Crippen LogP contribution in [0.5, 0.6) is 0 Å². The zero-order valence-corrected chi connectivity index (χ0v) is 9.26. The first-order valence-electron chi connectivity index (χ1n) is 4.18. The third-order valence-corrected chi connectivity index (χ3v) is 1.59. The lowest BCUT2D eigenvalue weighted by Gasteiger charge is -2.23. The van der Waals surface area contributed by atoms with Crippen LogP contribution in [0.15, 0.2) is 0 Å². The van der Waals surface area contributed by atoms with Gasteiger partial charge in [-0.3, -0.25) is 0 Å². The summed E-state index contributed by atoms with van der Waals surface area (Å²) >= 11 is 4.37. The Bertz CT molecular complexity index is 93.7. The summed E-state index contributed by atoms with van der Waals surface area (Å²) in [6.07, 6.45) is 1.19. The van der Waals surface area contributed by atoms with Gasteiger partial charge in [-0.15, -0.1) is 0 Å². The van der Waals surface area contributed by atoms with Crippen LogP contribution in [0, 0.1) is 5.41 Å². The van der Waals surface area contributed by atoms with Gasteiger partial charge in [0.15, 0.2) is 0 Å². The van der Waals surface area contributed by atoms with E-state index in [0.717, 1.165) is 6.54 Å². The Hall–Kier alpha value is 0.310. The van der Waals surface area contributed by atoms with Gasteiger partial charge in [0, 0.05) is 0 Å². The van der Waals surface area contributed by atoms with E-state index in [2.05, 4.69) is 52.6 Å². The molecule has 0 aromatic rings. The molecule has 0 amide bonds. The van der Waals surface area contributed by atoms with Gasteiger partial charge in [-0.05, 0) is 32.2 Å². The first-order valence-corrected chi connectivity index (χ1v) is 4.63. The SMILES string of the molecule is CC(C)(C)CCNC(C)(C)S. The molecule has 0 saturated carbocycles. The Morgan fingerprint density at radius 3 is 1.82 bits per heavy atom. The van der Waals surface area contributed by atoms with Crippen molar-refractivity contribution in [2.75, 3.05) is 6.54 Å². The van der Waals surface area contributed by atoms with Gasteiger partial charge in [0.1, 0.15) is 0 Å². The second kappa shape index (κ2) is 3.81. The van der Waals surface area contributed by atoms with Crippen molar-refractivity contribution in [3.05, 3.63) is 0 Å². The fourth-order valence-corrected chi connectivity index (χ4v) is 0.855. The van der Waals surface area contributed by atoms with Gasteiger partial charge in [-0.2, -0.15) is 12.6 Å². The van der Waals surface area contributed by atoms with E-state index in [-0.39, 0.29) is 4.87 Å². The molecule has 0 aromatic carbocycles. The lowest BCUT2D eigenvalue weighted by atomic mass is 9.92. The molecule has 0 fully saturated rings. The normalized spacial score (nSPS) is 13.6. The average Bonchev–Trinajstić information content (AvgIpc) is 1.55. The average molecular weight is 175 g/mol.